The Bertz CT molecular complexity index is 1020. The van der Waals surface area contributed by atoms with Gasteiger partial charge in [0.2, 0.25) is 0 Å². The van der Waals surface area contributed by atoms with Gasteiger partial charge in [-0.25, -0.2) is 9.18 Å². The summed E-state index contributed by atoms with van der Waals surface area (Å²) < 4.78 is 92.7. The van der Waals surface area contributed by atoms with Crippen molar-refractivity contribution in [2.75, 3.05) is 20.1 Å². The number of amides is 2. The highest BCUT2D eigenvalue weighted by Crippen LogP contribution is 2.37. The molecular weight excluding hydrogens is 467 g/mol. The van der Waals surface area contributed by atoms with Crippen LogP contribution in [0.4, 0.5) is 35.5 Å². The molecule has 1 heterocycles. The number of urea groups is 1. The Hall–Kier alpha value is -2.82. The molecule has 0 radical (unpaired) electrons. The molecule has 2 amide bonds. The second-order valence-corrected chi connectivity index (χ2v) is 8.48. The number of aryl methyl sites for hydroxylation is 1. The lowest BCUT2D eigenvalue weighted by Crippen LogP contribution is -2.56. The molecule has 2 atom stereocenters. The van der Waals surface area contributed by atoms with E-state index in [-0.39, 0.29) is 17.7 Å². The quantitative estimate of drug-likeness (QED) is 0.555. The summed E-state index contributed by atoms with van der Waals surface area (Å²) in [6.45, 7) is 3.81. The topological polar surface area (TPSA) is 35.6 Å². The molecule has 186 valence electrons. The van der Waals surface area contributed by atoms with Crippen molar-refractivity contribution < 1.29 is 35.5 Å². The number of nitrogens with one attached hydrogen (secondary N) is 1. The zero-order chi connectivity index (χ0) is 25.4. The first kappa shape index (κ1) is 25.8. The SMILES string of the molecule is Cc1cc(F)ccc1C1CNCC(C)N1C(=O)N(C)Cc1cc(C(F)(F)F)cc(C(F)(F)F)c1. The minimum atomic E-state index is -4.98. The van der Waals surface area contributed by atoms with Gasteiger partial charge in [-0.05, 0) is 60.9 Å². The maximum absolute atomic E-state index is 13.6. The summed E-state index contributed by atoms with van der Waals surface area (Å²) in [6.07, 6.45) is -9.95. The second kappa shape index (κ2) is 9.44. The fraction of sp³-hybridized carbons (Fsp3) is 0.435. The molecule has 1 aliphatic rings. The molecule has 0 bridgehead atoms. The number of benzene rings is 2. The molecule has 1 fully saturated rings. The summed E-state index contributed by atoms with van der Waals surface area (Å²) in [4.78, 5) is 16.0. The number of carbonyl (C=O) groups excluding carboxylic acids is 1. The van der Waals surface area contributed by atoms with Crippen molar-refractivity contribution in [3.8, 4) is 0 Å². The molecule has 0 saturated carbocycles. The summed E-state index contributed by atoms with van der Waals surface area (Å²) in [5.74, 6) is -0.432. The number of carbonyl (C=O) groups is 1. The van der Waals surface area contributed by atoms with Crippen LogP contribution >= 0.6 is 0 Å². The molecule has 3 rings (SSSR count). The fourth-order valence-electron chi connectivity index (χ4n) is 4.18. The predicted molar refractivity (Wildman–Crippen MR) is 111 cm³/mol. The normalized spacial score (nSPS) is 19.3. The third kappa shape index (κ3) is 5.63. The smallest absolute Gasteiger partial charge is 0.323 e. The van der Waals surface area contributed by atoms with Crippen LogP contribution in [0.2, 0.25) is 0 Å². The number of piperazine rings is 1. The molecule has 2 unspecified atom stereocenters. The average Bonchev–Trinajstić information content (AvgIpc) is 2.71. The van der Waals surface area contributed by atoms with Gasteiger partial charge in [0.1, 0.15) is 5.82 Å². The first-order valence-electron chi connectivity index (χ1n) is 10.5. The van der Waals surface area contributed by atoms with E-state index in [0.29, 0.717) is 36.3 Å². The lowest BCUT2D eigenvalue weighted by molar-refractivity contribution is -0.143. The molecule has 34 heavy (non-hydrogen) atoms. The predicted octanol–water partition coefficient (Wildman–Crippen LogP) is 5.76. The molecular formula is C23H24F7N3O. The van der Waals surface area contributed by atoms with Crippen LogP contribution in [-0.2, 0) is 18.9 Å². The lowest BCUT2D eigenvalue weighted by Gasteiger charge is -2.43. The van der Waals surface area contributed by atoms with Crippen LogP contribution < -0.4 is 5.32 Å². The van der Waals surface area contributed by atoms with Gasteiger partial charge in [-0.1, -0.05) is 6.07 Å². The molecule has 0 aromatic heterocycles. The molecule has 4 nitrogen and oxygen atoms in total. The van der Waals surface area contributed by atoms with Gasteiger partial charge < -0.3 is 15.1 Å². The third-order valence-corrected chi connectivity index (χ3v) is 5.79. The Labute approximate surface area is 192 Å². The molecule has 1 saturated heterocycles. The van der Waals surface area contributed by atoms with E-state index in [1.165, 1.54) is 24.1 Å². The van der Waals surface area contributed by atoms with Crippen LogP contribution in [-0.4, -0.2) is 42.0 Å². The Morgan fingerprint density at radius 2 is 1.62 bits per heavy atom. The van der Waals surface area contributed by atoms with Crippen LogP contribution in [0.1, 0.15) is 40.8 Å². The number of nitrogens with zero attached hydrogens (tertiary/aromatic N) is 2. The Kier molecular flexibility index (Phi) is 7.16. The van der Waals surface area contributed by atoms with Gasteiger partial charge in [0, 0.05) is 32.7 Å². The second-order valence-electron chi connectivity index (χ2n) is 8.48. The van der Waals surface area contributed by atoms with Gasteiger partial charge in [-0.2, -0.15) is 26.3 Å². The van der Waals surface area contributed by atoms with Crippen molar-refractivity contribution in [3.05, 3.63) is 70.0 Å². The monoisotopic (exact) mass is 491 g/mol. The van der Waals surface area contributed by atoms with E-state index in [4.69, 9.17) is 0 Å². The van der Waals surface area contributed by atoms with Gasteiger partial charge in [0.05, 0.1) is 17.2 Å². The van der Waals surface area contributed by atoms with Crippen LogP contribution in [0, 0.1) is 12.7 Å². The van der Waals surface area contributed by atoms with E-state index in [1.54, 1.807) is 19.9 Å². The fourth-order valence-corrected chi connectivity index (χ4v) is 4.18. The first-order chi connectivity index (χ1) is 15.7. The lowest BCUT2D eigenvalue weighted by atomic mass is 9.96. The van der Waals surface area contributed by atoms with Gasteiger partial charge in [0.25, 0.3) is 0 Å². The maximum atomic E-state index is 13.6. The Morgan fingerprint density at radius 3 is 2.15 bits per heavy atom. The van der Waals surface area contributed by atoms with Crippen molar-refractivity contribution in [2.24, 2.45) is 0 Å². The first-order valence-corrected chi connectivity index (χ1v) is 10.5. The van der Waals surface area contributed by atoms with E-state index in [2.05, 4.69) is 5.32 Å². The number of hydrogen-bond acceptors (Lipinski definition) is 2. The molecule has 0 spiro atoms. The zero-order valence-electron chi connectivity index (χ0n) is 18.7. The minimum Gasteiger partial charge on any atom is -0.323 e. The van der Waals surface area contributed by atoms with Crippen LogP contribution in [0.5, 0.6) is 0 Å². The number of hydrogen-bond donors (Lipinski definition) is 1. The summed E-state index contributed by atoms with van der Waals surface area (Å²) in [6, 6.07) is 4.07. The highest BCUT2D eigenvalue weighted by molar-refractivity contribution is 5.75. The zero-order valence-corrected chi connectivity index (χ0v) is 18.7. The minimum absolute atomic E-state index is 0.0526. The largest absolute Gasteiger partial charge is 0.416 e. The van der Waals surface area contributed by atoms with Crippen molar-refractivity contribution in [2.45, 2.75) is 44.8 Å². The summed E-state index contributed by atoms with van der Waals surface area (Å²) in [7, 11) is 1.32. The Morgan fingerprint density at radius 1 is 1.03 bits per heavy atom. The summed E-state index contributed by atoms with van der Waals surface area (Å²) >= 11 is 0. The van der Waals surface area contributed by atoms with Gasteiger partial charge in [0.15, 0.2) is 0 Å². The standard InChI is InChI=1S/C23H24F7N3O/c1-13-6-18(24)4-5-19(13)20-11-31-10-14(2)33(20)21(34)32(3)12-15-7-16(22(25,26)27)9-17(8-15)23(28,29)30/h4-9,14,20,31H,10-12H2,1-3H3. The van der Waals surface area contributed by atoms with Gasteiger partial charge in [-0.3, -0.25) is 0 Å². The van der Waals surface area contributed by atoms with E-state index >= 15 is 0 Å². The van der Waals surface area contributed by atoms with E-state index in [1.807, 2.05) is 0 Å². The molecule has 1 N–H and O–H groups in total. The summed E-state index contributed by atoms with van der Waals surface area (Å²) in [5.41, 5.74) is -1.85. The van der Waals surface area contributed by atoms with E-state index in [9.17, 15) is 35.5 Å². The number of halogens is 7. The van der Waals surface area contributed by atoms with Crippen LogP contribution in [0.3, 0.4) is 0 Å². The number of alkyl halides is 6. The van der Waals surface area contributed by atoms with Crippen molar-refractivity contribution in [3.63, 3.8) is 0 Å². The van der Waals surface area contributed by atoms with E-state index < -0.39 is 47.9 Å². The molecule has 2 aromatic rings. The summed E-state index contributed by atoms with van der Waals surface area (Å²) in [5, 5.41) is 3.19. The average molecular weight is 491 g/mol. The van der Waals surface area contributed by atoms with Crippen LogP contribution in [0.25, 0.3) is 0 Å². The van der Waals surface area contributed by atoms with E-state index in [0.717, 1.165) is 4.90 Å². The van der Waals surface area contributed by atoms with Crippen LogP contribution in [0.15, 0.2) is 36.4 Å². The maximum Gasteiger partial charge on any atom is 0.416 e. The molecule has 2 aromatic carbocycles. The number of rotatable bonds is 3. The van der Waals surface area contributed by atoms with Gasteiger partial charge in [-0.15, -0.1) is 0 Å². The molecule has 0 aliphatic carbocycles. The highest BCUT2D eigenvalue weighted by Gasteiger charge is 2.38. The van der Waals surface area contributed by atoms with Crippen molar-refractivity contribution >= 4 is 6.03 Å². The van der Waals surface area contributed by atoms with Crippen molar-refractivity contribution in [1.82, 2.24) is 15.1 Å². The molecule has 11 heteroatoms. The Balaban J connectivity index is 1.91. The van der Waals surface area contributed by atoms with Crippen molar-refractivity contribution in [1.29, 1.82) is 0 Å². The molecule has 1 aliphatic heterocycles. The highest BCUT2D eigenvalue weighted by atomic mass is 19.4. The third-order valence-electron chi connectivity index (χ3n) is 5.79. The van der Waals surface area contributed by atoms with Gasteiger partial charge >= 0.3 is 18.4 Å².